The Labute approximate surface area is 90.2 Å². The summed E-state index contributed by atoms with van der Waals surface area (Å²) >= 11 is 0. The van der Waals surface area contributed by atoms with E-state index >= 15 is 0 Å². The van der Waals surface area contributed by atoms with Gasteiger partial charge >= 0.3 is 6.18 Å². The Kier molecular flexibility index (Phi) is 3.89. The highest BCUT2D eigenvalue weighted by Crippen LogP contribution is 2.35. The normalized spacial score (nSPS) is 12.1. The molecule has 0 unspecified atom stereocenters. The van der Waals surface area contributed by atoms with Crippen molar-refractivity contribution in [1.82, 2.24) is 4.98 Å². The van der Waals surface area contributed by atoms with Gasteiger partial charge in [0.25, 0.3) is 0 Å². The number of aliphatic hydroxyl groups excluding tert-OH is 1. The highest BCUT2D eigenvalue weighted by atomic mass is 19.4. The number of methoxy groups -OCH3 is 1. The Morgan fingerprint density at radius 1 is 1.50 bits per heavy atom. The van der Waals surface area contributed by atoms with Gasteiger partial charge in [-0.25, -0.2) is 4.98 Å². The van der Waals surface area contributed by atoms with Crippen LogP contribution in [0, 0.1) is 0 Å². The lowest BCUT2D eigenvalue weighted by Gasteiger charge is -2.11. The molecule has 16 heavy (non-hydrogen) atoms. The molecule has 1 N–H and O–H groups in total. The molecule has 0 aromatic carbocycles. The van der Waals surface area contributed by atoms with Crippen LogP contribution in [0.4, 0.5) is 13.2 Å². The van der Waals surface area contributed by atoms with Crippen LogP contribution in [0.1, 0.15) is 11.1 Å². The standard InChI is InChI=1S/C10H10F3NO2/c1-16-9-8(10(11,12)13)5-7(6-14-9)3-2-4-15/h2-3,5-6,15H,4H2,1H3. The van der Waals surface area contributed by atoms with Gasteiger partial charge in [-0.15, -0.1) is 0 Å². The van der Waals surface area contributed by atoms with Crippen LogP contribution in [0.2, 0.25) is 0 Å². The van der Waals surface area contributed by atoms with Crippen molar-refractivity contribution < 1.29 is 23.0 Å². The first-order valence-corrected chi connectivity index (χ1v) is 4.37. The largest absolute Gasteiger partial charge is 0.481 e. The van der Waals surface area contributed by atoms with Crippen LogP contribution >= 0.6 is 0 Å². The van der Waals surface area contributed by atoms with Crippen LogP contribution in [0.3, 0.4) is 0 Å². The van der Waals surface area contributed by atoms with Gasteiger partial charge < -0.3 is 9.84 Å². The van der Waals surface area contributed by atoms with Gasteiger partial charge in [0.1, 0.15) is 5.56 Å². The van der Waals surface area contributed by atoms with Crippen molar-refractivity contribution in [1.29, 1.82) is 0 Å². The minimum atomic E-state index is -4.51. The summed E-state index contributed by atoms with van der Waals surface area (Å²) in [5.41, 5.74) is -0.683. The zero-order valence-corrected chi connectivity index (χ0v) is 8.45. The van der Waals surface area contributed by atoms with Crippen molar-refractivity contribution in [2.75, 3.05) is 13.7 Å². The van der Waals surface area contributed by atoms with Gasteiger partial charge in [0.2, 0.25) is 5.88 Å². The van der Waals surface area contributed by atoms with Gasteiger partial charge in [-0.2, -0.15) is 13.2 Å². The van der Waals surface area contributed by atoms with Crippen LogP contribution in [-0.4, -0.2) is 23.8 Å². The fourth-order valence-corrected chi connectivity index (χ4v) is 1.11. The first-order valence-electron chi connectivity index (χ1n) is 4.37. The second-order valence-corrected chi connectivity index (χ2v) is 2.91. The molecule has 0 aliphatic carbocycles. The van der Waals surface area contributed by atoms with Gasteiger partial charge in [-0.1, -0.05) is 12.2 Å². The highest BCUT2D eigenvalue weighted by Gasteiger charge is 2.35. The quantitative estimate of drug-likeness (QED) is 0.869. The van der Waals surface area contributed by atoms with Crippen LogP contribution in [0.25, 0.3) is 6.08 Å². The Bertz CT molecular complexity index is 388. The van der Waals surface area contributed by atoms with Crippen molar-refractivity contribution in [2.24, 2.45) is 0 Å². The molecule has 0 fully saturated rings. The molecule has 6 heteroatoms. The molecule has 3 nitrogen and oxygen atoms in total. The second kappa shape index (κ2) is 4.98. The van der Waals surface area contributed by atoms with Crippen molar-refractivity contribution in [3.63, 3.8) is 0 Å². The van der Waals surface area contributed by atoms with E-state index in [0.29, 0.717) is 0 Å². The number of halogens is 3. The summed E-state index contributed by atoms with van der Waals surface area (Å²) in [6, 6.07) is 0.915. The topological polar surface area (TPSA) is 42.4 Å². The lowest BCUT2D eigenvalue weighted by Crippen LogP contribution is -2.09. The van der Waals surface area contributed by atoms with E-state index in [-0.39, 0.29) is 12.2 Å². The predicted molar refractivity (Wildman–Crippen MR) is 51.9 cm³/mol. The summed E-state index contributed by atoms with van der Waals surface area (Å²) in [7, 11) is 1.13. The number of hydrogen-bond donors (Lipinski definition) is 1. The van der Waals surface area contributed by atoms with Gasteiger partial charge in [0, 0.05) is 6.20 Å². The monoisotopic (exact) mass is 233 g/mol. The average molecular weight is 233 g/mol. The highest BCUT2D eigenvalue weighted by molar-refractivity contribution is 5.51. The number of aromatic nitrogens is 1. The number of ether oxygens (including phenoxy) is 1. The summed E-state index contributed by atoms with van der Waals surface area (Å²) in [5, 5.41) is 8.50. The molecule has 0 saturated carbocycles. The molecule has 88 valence electrons. The minimum absolute atomic E-state index is 0.243. The molecule has 0 amide bonds. The van der Waals surface area contributed by atoms with E-state index < -0.39 is 17.6 Å². The Balaban J connectivity index is 3.16. The smallest absolute Gasteiger partial charge is 0.421 e. The fraction of sp³-hybridized carbons (Fsp3) is 0.300. The molecule has 0 bridgehead atoms. The molecule has 0 aliphatic rings. The van der Waals surface area contributed by atoms with Crippen LogP contribution in [-0.2, 0) is 6.18 Å². The molecule has 0 radical (unpaired) electrons. The number of nitrogens with zero attached hydrogens (tertiary/aromatic N) is 1. The van der Waals surface area contributed by atoms with E-state index in [0.717, 1.165) is 13.2 Å². The molecule has 0 spiro atoms. The summed E-state index contributed by atoms with van der Waals surface area (Å²) in [4.78, 5) is 3.54. The molecule has 1 aromatic rings. The minimum Gasteiger partial charge on any atom is -0.481 e. The maximum atomic E-state index is 12.5. The number of hydrogen-bond acceptors (Lipinski definition) is 3. The third-order valence-electron chi connectivity index (χ3n) is 1.79. The molecule has 1 rings (SSSR count). The van der Waals surface area contributed by atoms with Crippen molar-refractivity contribution in [2.45, 2.75) is 6.18 Å². The first-order chi connectivity index (χ1) is 7.49. The maximum Gasteiger partial charge on any atom is 0.421 e. The molecule has 1 heterocycles. The zero-order valence-electron chi connectivity index (χ0n) is 8.45. The number of rotatable bonds is 3. The average Bonchev–Trinajstić information content (AvgIpc) is 2.24. The molecule has 0 aliphatic heterocycles. The Morgan fingerprint density at radius 3 is 2.69 bits per heavy atom. The lowest BCUT2D eigenvalue weighted by atomic mass is 10.2. The van der Waals surface area contributed by atoms with E-state index in [2.05, 4.69) is 9.72 Å². The third-order valence-corrected chi connectivity index (χ3v) is 1.79. The first kappa shape index (κ1) is 12.5. The molecular weight excluding hydrogens is 223 g/mol. The number of pyridine rings is 1. The number of alkyl halides is 3. The zero-order chi connectivity index (χ0) is 12.2. The number of aliphatic hydroxyl groups is 1. The molecular formula is C10H10F3NO2. The van der Waals surface area contributed by atoms with Crippen LogP contribution in [0.5, 0.6) is 5.88 Å². The SMILES string of the molecule is COc1ncc(C=CCO)cc1C(F)(F)F. The van der Waals surface area contributed by atoms with Crippen molar-refractivity contribution in [3.05, 3.63) is 29.5 Å². The van der Waals surface area contributed by atoms with Crippen molar-refractivity contribution in [3.8, 4) is 5.88 Å². The Morgan fingerprint density at radius 2 is 2.19 bits per heavy atom. The van der Waals surface area contributed by atoms with Crippen LogP contribution < -0.4 is 4.74 Å². The predicted octanol–water partition coefficient (Wildman–Crippen LogP) is 2.11. The van der Waals surface area contributed by atoms with Crippen LogP contribution in [0.15, 0.2) is 18.3 Å². The maximum absolute atomic E-state index is 12.5. The van der Waals surface area contributed by atoms with E-state index in [1.807, 2.05) is 0 Å². The summed E-state index contributed by atoms with van der Waals surface area (Å²) in [5.74, 6) is -0.464. The molecule has 0 saturated heterocycles. The van der Waals surface area contributed by atoms with E-state index in [4.69, 9.17) is 5.11 Å². The van der Waals surface area contributed by atoms with Gasteiger partial charge in [-0.3, -0.25) is 0 Å². The van der Waals surface area contributed by atoms with Gasteiger partial charge in [0.15, 0.2) is 0 Å². The Hall–Kier alpha value is -1.56. The van der Waals surface area contributed by atoms with Gasteiger partial charge in [-0.05, 0) is 11.6 Å². The van der Waals surface area contributed by atoms with Crippen molar-refractivity contribution >= 4 is 6.08 Å². The summed E-state index contributed by atoms with van der Waals surface area (Å²) in [6.07, 6.45) is -0.604. The second-order valence-electron chi connectivity index (χ2n) is 2.91. The van der Waals surface area contributed by atoms with E-state index in [1.54, 1.807) is 0 Å². The van der Waals surface area contributed by atoms with E-state index in [1.165, 1.54) is 18.3 Å². The fourth-order valence-electron chi connectivity index (χ4n) is 1.11. The summed E-state index contributed by atoms with van der Waals surface area (Å²) < 4.78 is 42.2. The third kappa shape index (κ3) is 2.96. The lowest BCUT2D eigenvalue weighted by molar-refractivity contribution is -0.139. The molecule has 0 atom stereocenters. The van der Waals surface area contributed by atoms with Gasteiger partial charge in [0.05, 0.1) is 13.7 Å². The molecule has 1 aromatic heterocycles. The van der Waals surface area contributed by atoms with E-state index in [9.17, 15) is 13.2 Å². The summed E-state index contributed by atoms with van der Waals surface area (Å²) in [6.45, 7) is -0.243.